The van der Waals surface area contributed by atoms with Crippen LogP contribution in [0, 0.1) is 5.92 Å². The minimum absolute atomic E-state index is 0.0725. The Bertz CT molecular complexity index is 1100. The van der Waals surface area contributed by atoms with E-state index in [9.17, 15) is 14.4 Å². The molecule has 7 heteroatoms. The van der Waals surface area contributed by atoms with Gasteiger partial charge in [0, 0.05) is 55.9 Å². The molecule has 3 fully saturated rings. The van der Waals surface area contributed by atoms with Crippen LogP contribution in [0.3, 0.4) is 0 Å². The molecule has 1 N–H and O–H groups in total. The van der Waals surface area contributed by atoms with E-state index in [4.69, 9.17) is 0 Å². The molecule has 0 unspecified atom stereocenters. The summed E-state index contributed by atoms with van der Waals surface area (Å²) in [5.41, 5.74) is 0.666. The van der Waals surface area contributed by atoms with E-state index in [1.807, 2.05) is 27.7 Å². The van der Waals surface area contributed by atoms with Gasteiger partial charge in [-0.25, -0.2) is 0 Å². The van der Waals surface area contributed by atoms with Gasteiger partial charge in [-0.15, -0.1) is 0 Å². The smallest absolute Gasteiger partial charge is 0.259 e. The molecule has 0 spiro atoms. The highest BCUT2D eigenvalue weighted by Gasteiger charge is 2.41. The van der Waals surface area contributed by atoms with Crippen molar-refractivity contribution in [1.29, 1.82) is 0 Å². The Kier molecular flexibility index (Phi) is 7.30. The van der Waals surface area contributed by atoms with Gasteiger partial charge in [0.05, 0.1) is 0 Å². The summed E-state index contributed by atoms with van der Waals surface area (Å²) < 4.78 is 1.82. The first-order valence-corrected chi connectivity index (χ1v) is 13.3. The fourth-order valence-corrected chi connectivity index (χ4v) is 6.06. The molecule has 7 nitrogen and oxygen atoms in total. The lowest BCUT2D eigenvalue weighted by atomic mass is 9.96. The fourth-order valence-electron chi connectivity index (χ4n) is 6.06. The third kappa shape index (κ3) is 5.49. The molecule has 3 heterocycles. The molecule has 35 heavy (non-hydrogen) atoms. The van der Waals surface area contributed by atoms with Crippen molar-refractivity contribution in [1.82, 2.24) is 19.8 Å². The summed E-state index contributed by atoms with van der Waals surface area (Å²) >= 11 is 0. The Hall–Kier alpha value is -2.96. The topological polar surface area (TPSA) is 84.3 Å². The van der Waals surface area contributed by atoms with Crippen LogP contribution in [0.4, 0.5) is 0 Å². The van der Waals surface area contributed by atoms with Crippen LogP contribution >= 0.6 is 0 Å². The van der Waals surface area contributed by atoms with Gasteiger partial charge in [-0.1, -0.05) is 38.2 Å². The normalized spacial score (nSPS) is 22.6. The van der Waals surface area contributed by atoms with Crippen molar-refractivity contribution in [3.05, 3.63) is 63.8 Å². The molecular weight excluding hydrogens is 440 g/mol. The Morgan fingerprint density at radius 3 is 2.43 bits per heavy atom. The Labute approximate surface area is 206 Å². The van der Waals surface area contributed by atoms with Gasteiger partial charge in [0.1, 0.15) is 11.1 Å². The summed E-state index contributed by atoms with van der Waals surface area (Å²) in [5.74, 6) is -0.0414. The Balaban J connectivity index is 1.41. The number of amides is 2. The van der Waals surface area contributed by atoms with Crippen LogP contribution in [0.5, 0.6) is 0 Å². The van der Waals surface area contributed by atoms with Gasteiger partial charge < -0.3 is 14.8 Å². The van der Waals surface area contributed by atoms with E-state index in [1.165, 1.54) is 19.3 Å². The molecule has 0 aromatic carbocycles. The molecule has 2 amide bonds. The minimum atomic E-state index is -0.449. The summed E-state index contributed by atoms with van der Waals surface area (Å²) in [6.45, 7) is 1.25. The third-order valence-corrected chi connectivity index (χ3v) is 8.02. The second-order valence-corrected chi connectivity index (χ2v) is 10.5. The first-order chi connectivity index (χ1) is 17.1. The zero-order valence-corrected chi connectivity index (χ0v) is 20.5. The van der Waals surface area contributed by atoms with Crippen molar-refractivity contribution in [3.63, 3.8) is 0 Å². The van der Waals surface area contributed by atoms with Crippen molar-refractivity contribution in [2.24, 2.45) is 5.92 Å². The zero-order valence-electron chi connectivity index (χ0n) is 20.5. The zero-order chi connectivity index (χ0) is 24.2. The highest BCUT2D eigenvalue weighted by atomic mass is 16.2. The molecular formula is C28H36N4O3. The van der Waals surface area contributed by atoms with E-state index in [1.54, 1.807) is 18.6 Å². The van der Waals surface area contributed by atoms with Crippen LogP contribution in [0.25, 0.3) is 0 Å². The van der Waals surface area contributed by atoms with Crippen molar-refractivity contribution < 1.29 is 9.59 Å². The maximum atomic E-state index is 13.5. The summed E-state index contributed by atoms with van der Waals surface area (Å²) in [7, 11) is 0. The Morgan fingerprint density at radius 1 is 0.971 bits per heavy atom. The van der Waals surface area contributed by atoms with E-state index < -0.39 is 5.43 Å². The van der Waals surface area contributed by atoms with E-state index in [0.29, 0.717) is 18.9 Å². The lowest BCUT2D eigenvalue weighted by Gasteiger charge is -2.27. The lowest BCUT2D eigenvalue weighted by Crippen LogP contribution is -2.42. The SMILES string of the molecule is O=C(NC1CCCCCCC1)c1cn(CCc2ccccn2)cc(C(=O)N2C[C@H]3CC[C@@H]2C3)c1=O. The maximum Gasteiger partial charge on any atom is 0.259 e. The number of carbonyl (C=O) groups excluding carboxylic acids is 2. The molecule has 2 saturated carbocycles. The van der Waals surface area contributed by atoms with Crippen LogP contribution in [0.2, 0.25) is 0 Å². The number of pyridine rings is 2. The highest BCUT2D eigenvalue weighted by molar-refractivity contribution is 5.99. The first kappa shape index (κ1) is 23.8. The molecule has 2 aliphatic carbocycles. The quantitative estimate of drug-likeness (QED) is 0.684. The summed E-state index contributed by atoms with van der Waals surface area (Å²) in [6.07, 6.45) is 16.6. The van der Waals surface area contributed by atoms with Crippen LogP contribution < -0.4 is 10.7 Å². The van der Waals surface area contributed by atoms with Crippen LogP contribution in [-0.2, 0) is 13.0 Å². The number of likely N-dealkylation sites (tertiary alicyclic amines) is 1. The molecule has 2 aromatic heterocycles. The number of nitrogens with zero attached hydrogens (tertiary/aromatic N) is 3. The number of rotatable bonds is 6. The third-order valence-electron chi connectivity index (χ3n) is 8.02. The van der Waals surface area contributed by atoms with E-state index >= 15 is 0 Å². The molecule has 0 radical (unpaired) electrons. The Morgan fingerprint density at radius 2 is 1.74 bits per heavy atom. The number of carbonyl (C=O) groups is 2. The molecule has 5 rings (SSSR count). The number of fused-ring (bicyclic) bond motifs is 2. The van der Waals surface area contributed by atoms with Gasteiger partial charge in [-0.2, -0.15) is 0 Å². The molecule has 2 aromatic rings. The van der Waals surface area contributed by atoms with Gasteiger partial charge in [0.25, 0.3) is 11.8 Å². The number of hydrogen-bond acceptors (Lipinski definition) is 4. The summed E-state index contributed by atoms with van der Waals surface area (Å²) in [6, 6.07) is 6.08. The van der Waals surface area contributed by atoms with Crippen LogP contribution in [-0.4, -0.2) is 44.9 Å². The number of aromatic nitrogens is 2. The second-order valence-electron chi connectivity index (χ2n) is 10.5. The van der Waals surface area contributed by atoms with Gasteiger partial charge in [-0.05, 0) is 50.2 Å². The average molecular weight is 477 g/mol. The molecule has 2 atom stereocenters. The molecule has 1 saturated heterocycles. The molecule has 3 aliphatic rings. The predicted octanol–water partition coefficient (Wildman–Crippen LogP) is 3.95. The van der Waals surface area contributed by atoms with Crippen molar-refractivity contribution in [2.75, 3.05) is 6.54 Å². The van der Waals surface area contributed by atoms with Gasteiger partial charge >= 0.3 is 0 Å². The van der Waals surface area contributed by atoms with Gasteiger partial charge in [-0.3, -0.25) is 19.4 Å². The average Bonchev–Trinajstić information content (AvgIpc) is 3.49. The second kappa shape index (κ2) is 10.8. The molecule has 2 bridgehead atoms. The van der Waals surface area contributed by atoms with Gasteiger partial charge in [0.2, 0.25) is 5.43 Å². The highest BCUT2D eigenvalue weighted by Crippen LogP contribution is 2.37. The molecule has 186 valence electrons. The maximum absolute atomic E-state index is 13.5. The number of aryl methyl sites for hydroxylation is 2. The first-order valence-electron chi connectivity index (χ1n) is 13.3. The monoisotopic (exact) mass is 476 g/mol. The fraction of sp³-hybridized carbons (Fsp3) is 0.571. The van der Waals surface area contributed by atoms with Crippen LogP contribution in [0.1, 0.15) is 90.6 Å². The lowest BCUT2D eigenvalue weighted by molar-refractivity contribution is 0.0701. The number of piperidine rings is 1. The molecule has 1 aliphatic heterocycles. The van der Waals surface area contributed by atoms with E-state index in [2.05, 4.69) is 10.3 Å². The van der Waals surface area contributed by atoms with E-state index in [0.717, 1.165) is 57.2 Å². The van der Waals surface area contributed by atoms with Crippen LogP contribution in [0.15, 0.2) is 41.6 Å². The number of nitrogens with one attached hydrogen (secondary N) is 1. The van der Waals surface area contributed by atoms with E-state index in [-0.39, 0.29) is 35.0 Å². The summed E-state index contributed by atoms with van der Waals surface area (Å²) in [5, 5.41) is 3.12. The van der Waals surface area contributed by atoms with Crippen molar-refractivity contribution >= 4 is 11.8 Å². The summed E-state index contributed by atoms with van der Waals surface area (Å²) in [4.78, 5) is 46.5. The predicted molar refractivity (Wildman–Crippen MR) is 134 cm³/mol. The largest absolute Gasteiger partial charge is 0.352 e. The van der Waals surface area contributed by atoms with Crippen molar-refractivity contribution in [3.8, 4) is 0 Å². The minimum Gasteiger partial charge on any atom is -0.352 e. The van der Waals surface area contributed by atoms with Gasteiger partial charge in [0.15, 0.2) is 0 Å². The standard InChI is InChI=1S/C28H36N4O3/c33-26-24(27(34)30-22-9-4-2-1-3-5-10-22)18-31(15-13-21-8-6-7-14-29-21)19-25(26)28(35)32-17-20-11-12-23(32)16-20/h6-8,14,18-20,22-23H,1-5,9-13,15-17H2,(H,30,34)/t20-,23+/m0/s1. The van der Waals surface area contributed by atoms with Crippen molar-refractivity contribution in [2.45, 2.75) is 89.3 Å². The number of hydrogen-bond donors (Lipinski definition) is 1.